The van der Waals surface area contributed by atoms with Crippen LogP contribution in [0.25, 0.3) is 12.2 Å². The zero-order valence-corrected chi connectivity index (χ0v) is 15.0. The molecule has 25 heavy (non-hydrogen) atoms. The van der Waals surface area contributed by atoms with Gasteiger partial charge in [-0.05, 0) is 18.2 Å². The van der Waals surface area contributed by atoms with Crippen LogP contribution in [0.15, 0.2) is 16.9 Å². The third-order valence-corrected chi connectivity index (χ3v) is 4.63. The Balaban J connectivity index is 2.10. The largest absolute Gasteiger partial charge is 0.467 e. The molecule has 2 aromatic rings. The van der Waals surface area contributed by atoms with Crippen LogP contribution in [0.4, 0.5) is 4.39 Å². The van der Waals surface area contributed by atoms with Crippen molar-refractivity contribution in [2.75, 3.05) is 6.79 Å². The SMILES string of the molecule is CC(C)(C)C(=O)/C=c1/[nH]c(=O)/c(=C/c2cc(F)cc3c2OCOC3)s1. The second-order valence-corrected chi connectivity index (χ2v) is 7.87. The molecule has 7 heteroatoms. The fraction of sp³-hybridized carbons (Fsp3) is 0.333. The maximum absolute atomic E-state index is 13.8. The van der Waals surface area contributed by atoms with Crippen LogP contribution >= 0.6 is 11.3 Å². The van der Waals surface area contributed by atoms with E-state index in [9.17, 15) is 14.0 Å². The Hall–Kier alpha value is -2.25. The topological polar surface area (TPSA) is 68.4 Å². The van der Waals surface area contributed by atoms with Gasteiger partial charge in [-0.3, -0.25) is 9.59 Å². The Morgan fingerprint density at radius 3 is 2.84 bits per heavy atom. The highest BCUT2D eigenvalue weighted by Gasteiger charge is 2.19. The van der Waals surface area contributed by atoms with Crippen molar-refractivity contribution in [1.29, 1.82) is 0 Å². The Bertz CT molecular complexity index is 998. The number of aromatic amines is 1. The summed E-state index contributed by atoms with van der Waals surface area (Å²) in [4.78, 5) is 26.9. The van der Waals surface area contributed by atoms with Crippen LogP contribution in [0.5, 0.6) is 5.75 Å². The number of carbonyl (C=O) groups excluding carboxylic acids is 1. The average molecular weight is 363 g/mol. The van der Waals surface area contributed by atoms with Gasteiger partial charge in [-0.25, -0.2) is 4.39 Å². The number of ether oxygens (including phenoxy) is 2. The van der Waals surface area contributed by atoms with Gasteiger partial charge < -0.3 is 14.5 Å². The number of halogens is 1. The lowest BCUT2D eigenvalue weighted by Crippen LogP contribution is -2.22. The molecule has 0 unspecified atom stereocenters. The van der Waals surface area contributed by atoms with E-state index in [1.165, 1.54) is 18.2 Å². The number of rotatable bonds is 2. The number of Topliss-reactive ketones (excluding diaryl/α,β-unsaturated/α-hetero) is 1. The molecule has 0 amide bonds. The van der Waals surface area contributed by atoms with Gasteiger partial charge in [0, 0.05) is 22.6 Å². The minimum Gasteiger partial charge on any atom is -0.467 e. The fourth-order valence-electron chi connectivity index (χ4n) is 2.32. The zero-order chi connectivity index (χ0) is 18.2. The second-order valence-electron chi connectivity index (χ2n) is 6.78. The molecular weight excluding hydrogens is 345 g/mol. The molecule has 0 aliphatic carbocycles. The lowest BCUT2D eigenvalue weighted by Gasteiger charge is -2.19. The standard InChI is InChI=1S/C18H18FNO4S/c1-18(2,3)14(21)7-15-20-17(22)13(25-15)6-10-4-12(19)5-11-8-23-9-24-16(10)11/h4-7H,8-9H2,1-3H3,(H,20,22)/b13-6-,15-7-. The van der Waals surface area contributed by atoms with E-state index in [2.05, 4.69) is 4.98 Å². The first-order valence-electron chi connectivity index (χ1n) is 7.74. The minimum absolute atomic E-state index is 0.0827. The number of ketones is 1. The summed E-state index contributed by atoms with van der Waals surface area (Å²) in [5, 5.41) is 0. The van der Waals surface area contributed by atoms with Gasteiger partial charge in [0.15, 0.2) is 12.6 Å². The Morgan fingerprint density at radius 2 is 2.12 bits per heavy atom. The quantitative estimate of drug-likeness (QED) is 0.881. The highest BCUT2D eigenvalue weighted by molar-refractivity contribution is 7.07. The van der Waals surface area contributed by atoms with Gasteiger partial charge in [0.05, 0.1) is 15.8 Å². The number of hydrogen-bond donors (Lipinski definition) is 1. The third kappa shape index (κ3) is 3.88. The van der Waals surface area contributed by atoms with Crippen molar-refractivity contribution < 1.29 is 18.7 Å². The molecule has 0 radical (unpaired) electrons. The number of hydrogen-bond acceptors (Lipinski definition) is 5. The number of H-pyrrole nitrogens is 1. The highest BCUT2D eigenvalue weighted by Crippen LogP contribution is 2.29. The molecule has 1 aromatic carbocycles. The molecule has 5 nitrogen and oxygen atoms in total. The van der Waals surface area contributed by atoms with Crippen molar-refractivity contribution in [1.82, 2.24) is 4.98 Å². The van der Waals surface area contributed by atoms with Crippen LogP contribution in [-0.4, -0.2) is 17.6 Å². The van der Waals surface area contributed by atoms with Crippen LogP contribution in [0.1, 0.15) is 31.9 Å². The molecule has 132 valence electrons. The van der Waals surface area contributed by atoms with E-state index in [0.29, 0.717) is 26.1 Å². The number of carbonyl (C=O) groups is 1. The molecule has 0 saturated heterocycles. The molecule has 0 spiro atoms. The summed E-state index contributed by atoms with van der Waals surface area (Å²) in [5.41, 5.74) is 0.211. The smallest absolute Gasteiger partial charge is 0.266 e. The highest BCUT2D eigenvalue weighted by atomic mass is 32.1. The maximum atomic E-state index is 13.8. The summed E-state index contributed by atoms with van der Waals surface area (Å²) in [6, 6.07) is 2.67. The summed E-state index contributed by atoms with van der Waals surface area (Å²) >= 11 is 1.15. The monoisotopic (exact) mass is 363 g/mol. The Kier molecular flexibility index (Phi) is 4.62. The molecular formula is C18H18FNO4S. The fourth-order valence-corrected chi connectivity index (χ4v) is 3.19. The average Bonchev–Trinajstić information content (AvgIpc) is 2.85. The maximum Gasteiger partial charge on any atom is 0.266 e. The van der Waals surface area contributed by atoms with Gasteiger partial charge in [0.1, 0.15) is 11.6 Å². The van der Waals surface area contributed by atoms with Crippen LogP contribution in [0.3, 0.4) is 0 Å². The van der Waals surface area contributed by atoms with Crippen LogP contribution in [0, 0.1) is 11.2 Å². The third-order valence-electron chi connectivity index (χ3n) is 3.67. The minimum atomic E-state index is -0.528. The summed E-state index contributed by atoms with van der Waals surface area (Å²) in [5.74, 6) is -0.00121. The normalized spacial score (nSPS) is 15.8. The second kappa shape index (κ2) is 6.57. The summed E-state index contributed by atoms with van der Waals surface area (Å²) in [6.45, 7) is 5.77. The first-order chi connectivity index (χ1) is 11.7. The molecule has 1 aromatic heterocycles. The first-order valence-corrected chi connectivity index (χ1v) is 8.56. The van der Waals surface area contributed by atoms with E-state index in [-0.39, 0.29) is 24.7 Å². The van der Waals surface area contributed by atoms with Crippen molar-refractivity contribution in [3.8, 4) is 5.75 Å². The predicted molar refractivity (Wildman–Crippen MR) is 93.4 cm³/mol. The molecule has 2 heterocycles. The van der Waals surface area contributed by atoms with Gasteiger partial charge in [-0.1, -0.05) is 20.8 Å². The predicted octanol–water partition coefficient (Wildman–Crippen LogP) is 1.67. The molecule has 0 bridgehead atoms. The Morgan fingerprint density at radius 1 is 1.36 bits per heavy atom. The van der Waals surface area contributed by atoms with Crippen LogP contribution < -0.4 is 19.5 Å². The lowest BCUT2D eigenvalue weighted by atomic mass is 9.91. The summed E-state index contributed by atoms with van der Waals surface area (Å²) in [7, 11) is 0. The van der Waals surface area contributed by atoms with Crippen LogP contribution in [-0.2, 0) is 16.1 Å². The van der Waals surface area contributed by atoms with Gasteiger partial charge in [0.2, 0.25) is 0 Å². The van der Waals surface area contributed by atoms with E-state index in [0.717, 1.165) is 11.3 Å². The van der Waals surface area contributed by atoms with E-state index in [1.807, 2.05) is 20.8 Å². The molecule has 0 saturated carbocycles. The Labute approximate surface area is 147 Å². The molecule has 1 N–H and O–H groups in total. The van der Waals surface area contributed by atoms with Crippen molar-refractivity contribution in [3.63, 3.8) is 0 Å². The van der Waals surface area contributed by atoms with Gasteiger partial charge in [-0.15, -0.1) is 11.3 Å². The van der Waals surface area contributed by atoms with E-state index >= 15 is 0 Å². The van der Waals surface area contributed by atoms with Gasteiger partial charge >= 0.3 is 0 Å². The van der Waals surface area contributed by atoms with Crippen molar-refractivity contribution >= 4 is 29.3 Å². The number of fused-ring (bicyclic) bond motifs is 1. The van der Waals surface area contributed by atoms with Crippen molar-refractivity contribution in [2.24, 2.45) is 5.41 Å². The molecule has 1 aliphatic rings. The van der Waals surface area contributed by atoms with Gasteiger partial charge in [-0.2, -0.15) is 0 Å². The molecule has 0 atom stereocenters. The van der Waals surface area contributed by atoms with E-state index in [4.69, 9.17) is 9.47 Å². The number of aromatic nitrogens is 1. The molecule has 0 fully saturated rings. The summed E-state index contributed by atoms with van der Waals surface area (Å²) in [6.07, 6.45) is 2.99. The number of nitrogens with one attached hydrogen (secondary N) is 1. The number of thiazole rings is 1. The summed E-state index contributed by atoms with van der Waals surface area (Å²) < 4.78 is 25.2. The lowest BCUT2D eigenvalue weighted by molar-refractivity contribution is -0.119. The zero-order valence-electron chi connectivity index (χ0n) is 14.1. The van der Waals surface area contributed by atoms with Crippen LogP contribution in [0.2, 0.25) is 0 Å². The van der Waals surface area contributed by atoms with Crippen molar-refractivity contribution in [2.45, 2.75) is 27.4 Å². The molecule has 1 aliphatic heterocycles. The van der Waals surface area contributed by atoms with Gasteiger partial charge in [0.25, 0.3) is 5.56 Å². The van der Waals surface area contributed by atoms with E-state index in [1.54, 1.807) is 6.08 Å². The van der Waals surface area contributed by atoms with E-state index < -0.39 is 11.2 Å². The van der Waals surface area contributed by atoms with Crippen molar-refractivity contribution in [3.05, 3.63) is 48.6 Å². The molecule has 3 rings (SSSR count). The number of benzene rings is 1. The first kappa shape index (κ1) is 17.6.